The number of phosphoric ester groups is 2. The number of hydrogen-bond acceptors (Lipinski definition) is 15. The molecule has 0 bridgehead atoms. The normalized spacial score (nSPS) is 15.1. The van der Waals surface area contributed by atoms with Gasteiger partial charge in [0.25, 0.3) is 0 Å². The van der Waals surface area contributed by atoms with Gasteiger partial charge in [0.15, 0.2) is 12.2 Å². The van der Waals surface area contributed by atoms with Gasteiger partial charge in [-0.15, -0.1) is 0 Å². The summed E-state index contributed by atoms with van der Waals surface area (Å²) in [4.78, 5) is 72.2. The van der Waals surface area contributed by atoms with E-state index in [0.717, 1.165) is 120 Å². The van der Waals surface area contributed by atoms with E-state index in [1.54, 1.807) is 0 Å². The summed E-state index contributed by atoms with van der Waals surface area (Å²) in [6.07, 6.45) is 35.0. The number of aliphatic hydroxyl groups is 1. The Labute approximate surface area is 511 Å². The van der Waals surface area contributed by atoms with Gasteiger partial charge in [-0.2, -0.15) is 0 Å². The van der Waals surface area contributed by atoms with Gasteiger partial charge < -0.3 is 33.8 Å². The summed E-state index contributed by atoms with van der Waals surface area (Å²) in [6.45, 7) is 14.0. The number of phosphoric acid groups is 2. The van der Waals surface area contributed by atoms with Crippen molar-refractivity contribution in [1.82, 2.24) is 0 Å². The quantitative estimate of drug-likeness (QED) is 0.0222. The van der Waals surface area contributed by atoms with Gasteiger partial charge in [0.05, 0.1) is 26.4 Å². The van der Waals surface area contributed by atoms with Crippen LogP contribution in [0.4, 0.5) is 0 Å². The molecule has 0 aliphatic rings. The van der Waals surface area contributed by atoms with Crippen molar-refractivity contribution in [3.63, 3.8) is 0 Å². The van der Waals surface area contributed by atoms with Gasteiger partial charge in [0, 0.05) is 25.7 Å². The van der Waals surface area contributed by atoms with Crippen LogP contribution in [0, 0.1) is 23.7 Å². The van der Waals surface area contributed by atoms with E-state index in [1.165, 1.54) is 103 Å². The highest BCUT2D eigenvalue weighted by Crippen LogP contribution is 2.45. The lowest BCUT2D eigenvalue weighted by Gasteiger charge is -2.21. The van der Waals surface area contributed by atoms with Crippen LogP contribution < -0.4 is 0 Å². The first-order chi connectivity index (χ1) is 40.2. The number of hydrogen-bond donors (Lipinski definition) is 3. The van der Waals surface area contributed by atoms with Crippen LogP contribution in [-0.2, 0) is 65.4 Å². The molecule has 0 amide bonds. The Morgan fingerprint density at radius 1 is 0.333 bits per heavy atom. The number of aliphatic hydroxyl groups excluding tert-OH is 1. The molecule has 17 nitrogen and oxygen atoms in total. The van der Waals surface area contributed by atoms with Gasteiger partial charge in [-0.1, -0.05) is 261 Å². The van der Waals surface area contributed by atoms with Crippen molar-refractivity contribution in [3.05, 3.63) is 0 Å². The van der Waals surface area contributed by atoms with Crippen molar-refractivity contribution < 1.29 is 80.2 Å². The van der Waals surface area contributed by atoms with Crippen LogP contribution in [0.25, 0.3) is 0 Å². The lowest BCUT2D eigenvalue weighted by Crippen LogP contribution is -2.30. The van der Waals surface area contributed by atoms with E-state index < -0.39 is 97.5 Å². The highest BCUT2D eigenvalue weighted by molar-refractivity contribution is 7.47. The summed E-state index contributed by atoms with van der Waals surface area (Å²) in [7, 11) is -9.89. The van der Waals surface area contributed by atoms with Crippen LogP contribution in [0.3, 0.4) is 0 Å². The summed E-state index contributed by atoms with van der Waals surface area (Å²) in [5, 5.41) is 10.5. The van der Waals surface area contributed by atoms with Crippen LogP contribution in [0.5, 0.6) is 0 Å². The highest BCUT2D eigenvalue weighted by atomic mass is 31.2. The minimum absolute atomic E-state index is 0.103. The molecule has 498 valence electrons. The molecule has 0 saturated heterocycles. The van der Waals surface area contributed by atoms with Crippen LogP contribution in [-0.4, -0.2) is 96.7 Å². The summed E-state index contributed by atoms with van der Waals surface area (Å²) < 4.78 is 68.0. The van der Waals surface area contributed by atoms with E-state index in [1.807, 2.05) is 0 Å². The second-order valence-corrected chi connectivity index (χ2v) is 27.8. The van der Waals surface area contributed by atoms with Gasteiger partial charge in [-0.25, -0.2) is 9.13 Å². The number of carbonyl (C=O) groups excluding carboxylic acids is 4. The average molecular weight is 1240 g/mol. The van der Waals surface area contributed by atoms with E-state index >= 15 is 0 Å². The molecule has 0 aromatic heterocycles. The van der Waals surface area contributed by atoms with E-state index in [2.05, 4.69) is 55.4 Å². The molecule has 3 N–H and O–H groups in total. The van der Waals surface area contributed by atoms with Gasteiger partial charge in [-0.3, -0.25) is 37.3 Å². The minimum Gasteiger partial charge on any atom is -0.462 e. The molecule has 0 aliphatic heterocycles. The standard InChI is InChI=1S/C65H126O17P2/c1-9-57(7)43-35-27-18-13-11-12-14-19-31-39-47-64(69)81-61(52-76-63(68)46-38-30-24-22-28-36-44-58(8)10-2)54-80-84(73,74)78-50-59(66)49-77-83(71,72)79-53-60(51-75-62(67)45-37-29-23-21-26-34-42-56(5)6)82-65(70)48-40-32-20-16-15-17-25-33-41-55(3)4/h55-61,66H,9-54H2,1-8H3,(H,71,72)(H,73,74)/t57?,58?,59-,60+,61+/m0/s1. The van der Waals surface area contributed by atoms with Crippen molar-refractivity contribution in [1.29, 1.82) is 0 Å². The minimum atomic E-state index is -4.95. The van der Waals surface area contributed by atoms with Crippen LogP contribution in [0.2, 0.25) is 0 Å². The smallest absolute Gasteiger partial charge is 0.462 e. The second kappa shape index (κ2) is 55.2. The van der Waals surface area contributed by atoms with Crippen molar-refractivity contribution in [3.8, 4) is 0 Å². The topological polar surface area (TPSA) is 237 Å². The average Bonchev–Trinajstić information content (AvgIpc) is 3.58. The Balaban J connectivity index is 5.26. The molecule has 7 atom stereocenters. The molecule has 0 aromatic rings. The molecule has 0 aromatic carbocycles. The van der Waals surface area contributed by atoms with Crippen LogP contribution in [0.1, 0.15) is 312 Å². The molecule has 84 heavy (non-hydrogen) atoms. The van der Waals surface area contributed by atoms with Crippen LogP contribution in [0.15, 0.2) is 0 Å². The zero-order valence-corrected chi connectivity index (χ0v) is 56.3. The Kier molecular flexibility index (Phi) is 53.9. The van der Waals surface area contributed by atoms with Crippen molar-refractivity contribution in [2.45, 2.75) is 331 Å². The number of rotatable bonds is 62. The Morgan fingerprint density at radius 3 is 0.845 bits per heavy atom. The summed E-state index contributed by atoms with van der Waals surface area (Å²) in [5.74, 6) is 0.791. The lowest BCUT2D eigenvalue weighted by molar-refractivity contribution is -0.161. The molecule has 0 spiro atoms. The van der Waals surface area contributed by atoms with Crippen LogP contribution >= 0.6 is 15.6 Å². The molecule has 0 saturated carbocycles. The number of unbranched alkanes of at least 4 members (excludes halogenated alkanes) is 26. The predicted molar refractivity (Wildman–Crippen MR) is 335 cm³/mol. The lowest BCUT2D eigenvalue weighted by atomic mass is 9.99. The largest absolute Gasteiger partial charge is 0.472 e. The van der Waals surface area contributed by atoms with Gasteiger partial charge in [-0.05, 0) is 49.4 Å². The first-order valence-corrected chi connectivity index (χ1v) is 36.8. The molecule has 0 heterocycles. The molecule has 19 heteroatoms. The third kappa shape index (κ3) is 56.6. The SMILES string of the molecule is CCC(C)CCCCCCCCCCCCC(=O)O[C@H](COC(=O)CCCCCCCCC(C)CC)COP(=O)(O)OC[C@@H](O)COP(=O)(O)OC[C@@H](COC(=O)CCCCCCCCC(C)C)OC(=O)CCCCCCCCCCC(C)C. The molecule has 0 aliphatic carbocycles. The van der Waals surface area contributed by atoms with Crippen molar-refractivity contribution >= 4 is 39.5 Å². The molecule has 4 unspecified atom stereocenters. The summed E-state index contributed by atoms with van der Waals surface area (Å²) in [6, 6.07) is 0. The molecular formula is C65H126O17P2. The summed E-state index contributed by atoms with van der Waals surface area (Å²) in [5.41, 5.74) is 0. The molecule has 0 rings (SSSR count). The van der Waals surface area contributed by atoms with E-state index in [4.69, 9.17) is 37.0 Å². The first-order valence-electron chi connectivity index (χ1n) is 33.8. The Bertz CT molecular complexity index is 1680. The first kappa shape index (κ1) is 82.1. The maximum atomic E-state index is 13.0. The molecule has 0 fully saturated rings. The summed E-state index contributed by atoms with van der Waals surface area (Å²) >= 11 is 0. The van der Waals surface area contributed by atoms with Gasteiger partial charge >= 0.3 is 39.5 Å². The molecular weight excluding hydrogens is 1110 g/mol. The highest BCUT2D eigenvalue weighted by Gasteiger charge is 2.30. The van der Waals surface area contributed by atoms with Gasteiger partial charge in [0.2, 0.25) is 0 Å². The Hall–Kier alpha value is -1.94. The fourth-order valence-electron chi connectivity index (χ4n) is 9.54. The molecule has 0 radical (unpaired) electrons. The zero-order valence-electron chi connectivity index (χ0n) is 54.5. The fraction of sp³-hybridized carbons (Fsp3) is 0.938. The van der Waals surface area contributed by atoms with Crippen molar-refractivity contribution in [2.75, 3.05) is 39.6 Å². The third-order valence-corrected chi connectivity index (χ3v) is 17.4. The van der Waals surface area contributed by atoms with Crippen molar-refractivity contribution in [2.24, 2.45) is 23.7 Å². The van der Waals surface area contributed by atoms with E-state index in [-0.39, 0.29) is 25.7 Å². The monoisotopic (exact) mass is 1240 g/mol. The van der Waals surface area contributed by atoms with E-state index in [0.29, 0.717) is 31.6 Å². The van der Waals surface area contributed by atoms with E-state index in [9.17, 15) is 43.2 Å². The number of esters is 4. The maximum Gasteiger partial charge on any atom is 0.472 e. The Morgan fingerprint density at radius 2 is 0.571 bits per heavy atom. The zero-order chi connectivity index (χ0) is 62.5. The number of carbonyl (C=O) groups is 4. The second-order valence-electron chi connectivity index (χ2n) is 24.9. The maximum absolute atomic E-state index is 13.0. The fourth-order valence-corrected chi connectivity index (χ4v) is 11.1. The van der Waals surface area contributed by atoms with Gasteiger partial charge in [0.1, 0.15) is 19.3 Å². The number of ether oxygens (including phenoxy) is 4. The third-order valence-electron chi connectivity index (χ3n) is 15.5. The predicted octanol–water partition coefficient (Wildman–Crippen LogP) is 17.8.